The van der Waals surface area contributed by atoms with Crippen LogP contribution in [0.5, 0.6) is 0 Å². The summed E-state index contributed by atoms with van der Waals surface area (Å²) in [5, 5.41) is 8.94. The van der Waals surface area contributed by atoms with Gasteiger partial charge in [0, 0.05) is 18.2 Å². The maximum Gasteiger partial charge on any atom is 0.243 e. The topological polar surface area (TPSA) is 57.6 Å². The average Bonchev–Trinajstić information content (AvgIpc) is 3.22. The molecule has 0 spiro atoms. The number of sulfonamides is 1. The van der Waals surface area contributed by atoms with Crippen molar-refractivity contribution in [3.63, 3.8) is 0 Å². The van der Waals surface area contributed by atoms with E-state index in [-0.39, 0.29) is 27.4 Å². The lowest BCUT2D eigenvalue weighted by Crippen LogP contribution is -2.36. The van der Waals surface area contributed by atoms with Gasteiger partial charge in [-0.15, -0.1) is 0 Å². The highest BCUT2D eigenvalue weighted by Crippen LogP contribution is 2.34. The van der Waals surface area contributed by atoms with E-state index in [4.69, 9.17) is 11.6 Å². The standard InChI is InChI=1S/C14H19ClFNO3S/c1-9(2)7-17(11-3-4-11)21(19,20)12-5-10(8-18)14(15)13(16)6-12/h5-6,9,11,18H,3-4,7-8H2,1-2H3. The molecule has 0 heterocycles. The number of aliphatic hydroxyl groups excluding tert-OH is 1. The quantitative estimate of drug-likeness (QED) is 0.869. The van der Waals surface area contributed by atoms with E-state index in [1.807, 2.05) is 13.8 Å². The summed E-state index contributed by atoms with van der Waals surface area (Å²) in [6.07, 6.45) is 1.66. The van der Waals surface area contributed by atoms with Gasteiger partial charge in [0.2, 0.25) is 10.0 Å². The van der Waals surface area contributed by atoms with Gasteiger partial charge in [0.05, 0.1) is 16.5 Å². The molecule has 1 saturated carbocycles. The Morgan fingerprint density at radius 3 is 2.52 bits per heavy atom. The molecular weight excluding hydrogens is 317 g/mol. The molecule has 21 heavy (non-hydrogen) atoms. The van der Waals surface area contributed by atoms with Gasteiger partial charge in [-0.3, -0.25) is 0 Å². The van der Waals surface area contributed by atoms with E-state index < -0.39 is 22.4 Å². The molecule has 1 fully saturated rings. The van der Waals surface area contributed by atoms with Crippen LogP contribution in [0, 0.1) is 11.7 Å². The van der Waals surface area contributed by atoms with Crippen LogP contribution < -0.4 is 0 Å². The Bertz CT molecular complexity index is 629. The molecule has 0 amide bonds. The number of hydrogen-bond acceptors (Lipinski definition) is 3. The first-order valence-corrected chi connectivity index (χ1v) is 8.69. The number of halogens is 2. The SMILES string of the molecule is CC(C)CN(C1CC1)S(=O)(=O)c1cc(F)c(Cl)c(CO)c1. The molecule has 4 nitrogen and oxygen atoms in total. The van der Waals surface area contributed by atoms with Crippen LogP contribution >= 0.6 is 11.6 Å². The second kappa shape index (κ2) is 6.20. The smallest absolute Gasteiger partial charge is 0.243 e. The largest absolute Gasteiger partial charge is 0.392 e. The zero-order chi connectivity index (χ0) is 15.8. The van der Waals surface area contributed by atoms with Crippen LogP contribution in [0.3, 0.4) is 0 Å². The van der Waals surface area contributed by atoms with Crippen LogP contribution in [0.4, 0.5) is 4.39 Å². The lowest BCUT2D eigenvalue weighted by molar-refractivity contribution is 0.281. The first-order chi connectivity index (χ1) is 9.77. The van der Waals surface area contributed by atoms with Crippen molar-refractivity contribution in [2.45, 2.75) is 44.2 Å². The van der Waals surface area contributed by atoms with E-state index in [1.165, 1.54) is 10.4 Å². The first-order valence-electron chi connectivity index (χ1n) is 6.88. The summed E-state index contributed by atoms with van der Waals surface area (Å²) in [6, 6.07) is 2.16. The molecule has 7 heteroatoms. The normalized spacial score (nSPS) is 16.0. The second-order valence-corrected chi connectivity index (χ2v) is 8.00. The van der Waals surface area contributed by atoms with Crippen molar-refractivity contribution in [2.24, 2.45) is 5.92 Å². The molecule has 118 valence electrons. The molecule has 1 aromatic carbocycles. The lowest BCUT2D eigenvalue weighted by atomic mass is 10.2. The molecule has 1 aliphatic carbocycles. The Kier molecular flexibility index (Phi) is 4.92. The van der Waals surface area contributed by atoms with Crippen LogP contribution in [-0.2, 0) is 16.6 Å². The predicted octanol–water partition coefficient (Wildman–Crippen LogP) is 2.78. The zero-order valence-corrected chi connectivity index (χ0v) is 13.6. The average molecular weight is 336 g/mol. The Hall–Kier alpha value is -0.690. The molecule has 1 N–H and O–H groups in total. The van der Waals surface area contributed by atoms with Gasteiger partial charge in [-0.2, -0.15) is 4.31 Å². The van der Waals surface area contributed by atoms with Gasteiger partial charge in [0.15, 0.2) is 0 Å². The summed E-state index contributed by atoms with van der Waals surface area (Å²) in [5.41, 5.74) is 0.0792. The second-order valence-electron chi connectivity index (χ2n) is 5.74. The fraction of sp³-hybridized carbons (Fsp3) is 0.571. The van der Waals surface area contributed by atoms with Gasteiger partial charge in [-0.25, -0.2) is 12.8 Å². The van der Waals surface area contributed by atoms with E-state index >= 15 is 0 Å². The highest BCUT2D eigenvalue weighted by atomic mass is 35.5. The minimum Gasteiger partial charge on any atom is -0.392 e. The Labute approximate surface area is 129 Å². The fourth-order valence-electron chi connectivity index (χ4n) is 2.18. The van der Waals surface area contributed by atoms with E-state index in [1.54, 1.807) is 0 Å². The third-order valence-corrected chi connectivity index (χ3v) is 5.67. The maximum atomic E-state index is 13.8. The number of benzene rings is 1. The summed E-state index contributed by atoms with van der Waals surface area (Å²) in [5.74, 6) is -0.656. The van der Waals surface area contributed by atoms with E-state index in [0.29, 0.717) is 6.54 Å². The fourth-order valence-corrected chi connectivity index (χ4v) is 4.26. The molecule has 1 aromatic rings. The Morgan fingerprint density at radius 2 is 2.05 bits per heavy atom. The first kappa shape index (κ1) is 16.7. The van der Waals surface area contributed by atoms with Crippen molar-refractivity contribution in [3.8, 4) is 0 Å². The third-order valence-electron chi connectivity index (χ3n) is 3.35. The van der Waals surface area contributed by atoms with E-state index in [2.05, 4.69) is 0 Å². The van der Waals surface area contributed by atoms with Crippen molar-refractivity contribution in [1.29, 1.82) is 0 Å². The number of aliphatic hydroxyl groups is 1. The zero-order valence-electron chi connectivity index (χ0n) is 12.0. The monoisotopic (exact) mass is 335 g/mol. The lowest BCUT2D eigenvalue weighted by Gasteiger charge is -2.24. The summed E-state index contributed by atoms with van der Waals surface area (Å²) >= 11 is 5.71. The van der Waals surface area contributed by atoms with Crippen LogP contribution in [0.2, 0.25) is 5.02 Å². The van der Waals surface area contributed by atoms with Crippen molar-refractivity contribution in [1.82, 2.24) is 4.31 Å². The number of nitrogens with zero attached hydrogens (tertiary/aromatic N) is 1. The minimum absolute atomic E-state index is 0.00582. The molecular formula is C14H19ClFNO3S. The van der Waals surface area contributed by atoms with Crippen molar-refractivity contribution < 1.29 is 17.9 Å². The van der Waals surface area contributed by atoms with Gasteiger partial charge >= 0.3 is 0 Å². The highest BCUT2D eigenvalue weighted by Gasteiger charge is 2.38. The summed E-state index contributed by atoms with van der Waals surface area (Å²) in [4.78, 5) is -0.152. The molecule has 2 rings (SSSR count). The van der Waals surface area contributed by atoms with E-state index in [0.717, 1.165) is 18.9 Å². The summed E-state index contributed by atoms with van der Waals surface area (Å²) < 4.78 is 40.6. The Balaban J connectivity index is 2.44. The van der Waals surface area contributed by atoms with Crippen LogP contribution in [0.25, 0.3) is 0 Å². The predicted molar refractivity (Wildman–Crippen MR) is 79.1 cm³/mol. The maximum absolute atomic E-state index is 13.8. The van der Waals surface area contributed by atoms with Gasteiger partial charge in [-0.1, -0.05) is 25.4 Å². The van der Waals surface area contributed by atoms with Crippen molar-refractivity contribution >= 4 is 21.6 Å². The number of rotatable bonds is 6. The molecule has 0 saturated heterocycles. The molecule has 0 radical (unpaired) electrons. The molecule has 0 unspecified atom stereocenters. The minimum atomic E-state index is -3.78. The summed E-state index contributed by atoms with van der Waals surface area (Å²) in [6.45, 7) is 3.76. The van der Waals surface area contributed by atoms with Crippen LogP contribution in [-0.4, -0.2) is 30.4 Å². The molecule has 0 aliphatic heterocycles. The Morgan fingerprint density at radius 1 is 1.43 bits per heavy atom. The van der Waals surface area contributed by atoms with Gasteiger partial charge < -0.3 is 5.11 Å². The van der Waals surface area contributed by atoms with Crippen molar-refractivity contribution in [2.75, 3.05) is 6.54 Å². The molecule has 1 aliphatic rings. The van der Waals surface area contributed by atoms with E-state index in [9.17, 15) is 17.9 Å². The van der Waals surface area contributed by atoms with Crippen molar-refractivity contribution in [3.05, 3.63) is 28.5 Å². The van der Waals surface area contributed by atoms with Gasteiger partial charge in [0.1, 0.15) is 5.82 Å². The molecule has 0 bridgehead atoms. The van der Waals surface area contributed by atoms with Gasteiger partial charge in [0.25, 0.3) is 0 Å². The van der Waals surface area contributed by atoms with Crippen LogP contribution in [0.1, 0.15) is 32.3 Å². The van der Waals surface area contributed by atoms with Gasteiger partial charge in [-0.05, 0) is 30.9 Å². The summed E-state index contributed by atoms with van der Waals surface area (Å²) in [7, 11) is -3.78. The number of hydrogen-bond donors (Lipinski definition) is 1. The highest BCUT2D eigenvalue weighted by molar-refractivity contribution is 7.89. The third kappa shape index (κ3) is 3.56. The molecule has 0 aromatic heterocycles. The van der Waals surface area contributed by atoms with Crippen LogP contribution in [0.15, 0.2) is 17.0 Å². The molecule has 0 atom stereocenters.